The SMILES string of the molecule is CCOc1ccc(NC(=O)c2ccc(NC(=O)Cn3nc(C)nc3-c3ccccc3)cc2)cc1. The minimum Gasteiger partial charge on any atom is -0.494 e. The molecule has 34 heavy (non-hydrogen) atoms. The Kier molecular flexibility index (Phi) is 6.98. The van der Waals surface area contributed by atoms with E-state index in [2.05, 4.69) is 20.7 Å². The summed E-state index contributed by atoms with van der Waals surface area (Å²) < 4.78 is 6.99. The largest absolute Gasteiger partial charge is 0.494 e. The zero-order valence-electron chi connectivity index (χ0n) is 19.0. The quantitative estimate of drug-likeness (QED) is 0.406. The van der Waals surface area contributed by atoms with Gasteiger partial charge >= 0.3 is 0 Å². The summed E-state index contributed by atoms with van der Waals surface area (Å²) in [6, 6.07) is 23.5. The highest BCUT2D eigenvalue weighted by Crippen LogP contribution is 2.19. The van der Waals surface area contributed by atoms with Gasteiger partial charge in [-0.1, -0.05) is 30.3 Å². The lowest BCUT2D eigenvalue weighted by atomic mass is 10.2. The van der Waals surface area contributed by atoms with Gasteiger partial charge in [0.05, 0.1) is 6.61 Å². The molecule has 0 aliphatic heterocycles. The molecule has 0 aliphatic rings. The standard InChI is InChI=1S/C26H25N5O3/c1-3-34-23-15-13-22(14-16-23)29-26(33)20-9-11-21(12-10-20)28-24(32)17-31-25(27-18(2)30-31)19-7-5-4-6-8-19/h4-16H,3,17H2,1-2H3,(H,28,32)(H,29,33). The molecule has 0 radical (unpaired) electrons. The maximum atomic E-state index is 12.6. The van der Waals surface area contributed by atoms with Gasteiger partial charge in [0.1, 0.15) is 18.1 Å². The first kappa shape index (κ1) is 22.7. The molecule has 172 valence electrons. The van der Waals surface area contributed by atoms with E-state index in [0.29, 0.717) is 35.2 Å². The van der Waals surface area contributed by atoms with Gasteiger partial charge in [-0.15, -0.1) is 0 Å². The Labute approximate surface area is 197 Å². The summed E-state index contributed by atoms with van der Waals surface area (Å²) in [5.74, 6) is 1.49. The van der Waals surface area contributed by atoms with E-state index >= 15 is 0 Å². The van der Waals surface area contributed by atoms with E-state index in [1.807, 2.05) is 37.3 Å². The van der Waals surface area contributed by atoms with Crippen molar-refractivity contribution >= 4 is 23.2 Å². The van der Waals surface area contributed by atoms with Crippen molar-refractivity contribution < 1.29 is 14.3 Å². The van der Waals surface area contributed by atoms with E-state index in [4.69, 9.17) is 4.74 Å². The molecular weight excluding hydrogens is 430 g/mol. The van der Waals surface area contributed by atoms with E-state index in [-0.39, 0.29) is 18.4 Å². The van der Waals surface area contributed by atoms with Gasteiger partial charge in [-0.3, -0.25) is 9.59 Å². The van der Waals surface area contributed by atoms with Crippen LogP contribution in [0.4, 0.5) is 11.4 Å². The highest BCUT2D eigenvalue weighted by molar-refractivity contribution is 6.04. The second-order valence-electron chi connectivity index (χ2n) is 7.54. The van der Waals surface area contributed by atoms with Crippen LogP contribution in [0.25, 0.3) is 11.4 Å². The van der Waals surface area contributed by atoms with Crippen LogP contribution in [0.5, 0.6) is 5.75 Å². The van der Waals surface area contributed by atoms with Crippen LogP contribution in [0.3, 0.4) is 0 Å². The van der Waals surface area contributed by atoms with E-state index < -0.39 is 0 Å². The third-order valence-corrected chi connectivity index (χ3v) is 4.96. The molecule has 2 N–H and O–H groups in total. The predicted octanol–water partition coefficient (Wildman–Crippen LogP) is 4.54. The number of nitrogens with zero attached hydrogens (tertiary/aromatic N) is 3. The highest BCUT2D eigenvalue weighted by Gasteiger charge is 2.13. The van der Waals surface area contributed by atoms with E-state index in [1.54, 1.807) is 60.1 Å². The lowest BCUT2D eigenvalue weighted by Crippen LogP contribution is -2.20. The van der Waals surface area contributed by atoms with Crippen molar-refractivity contribution in [1.29, 1.82) is 0 Å². The fourth-order valence-electron chi connectivity index (χ4n) is 3.41. The lowest BCUT2D eigenvalue weighted by Gasteiger charge is -2.09. The van der Waals surface area contributed by atoms with Crippen LogP contribution in [0.2, 0.25) is 0 Å². The van der Waals surface area contributed by atoms with Crippen LogP contribution >= 0.6 is 0 Å². The summed E-state index contributed by atoms with van der Waals surface area (Å²) in [7, 11) is 0. The lowest BCUT2D eigenvalue weighted by molar-refractivity contribution is -0.116. The van der Waals surface area contributed by atoms with Gasteiger partial charge in [0.15, 0.2) is 5.82 Å². The summed E-state index contributed by atoms with van der Waals surface area (Å²) in [5, 5.41) is 10.0. The molecule has 1 heterocycles. The Morgan fingerprint density at radius 2 is 1.53 bits per heavy atom. The van der Waals surface area contributed by atoms with Crippen LogP contribution in [0.15, 0.2) is 78.9 Å². The molecule has 4 aromatic rings. The van der Waals surface area contributed by atoms with Crippen molar-refractivity contribution in [3.8, 4) is 17.1 Å². The smallest absolute Gasteiger partial charge is 0.255 e. The molecule has 1 aromatic heterocycles. The number of ether oxygens (including phenoxy) is 1. The fraction of sp³-hybridized carbons (Fsp3) is 0.154. The topological polar surface area (TPSA) is 98.1 Å². The third kappa shape index (κ3) is 5.66. The minimum absolute atomic E-state index is 0.0189. The maximum Gasteiger partial charge on any atom is 0.255 e. The maximum absolute atomic E-state index is 12.6. The second-order valence-corrected chi connectivity index (χ2v) is 7.54. The van der Waals surface area contributed by atoms with Crippen LogP contribution in [-0.2, 0) is 11.3 Å². The third-order valence-electron chi connectivity index (χ3n) is 4.96. The first-order chi connectivity index (χ1) is 16.5. The Morgan fingerprint density at radius 3 is 2.21 bits per heavy atom. The van der Waals surface area contributed by atoms with Crippen molar-refractivity contribution in [2.75, 3.05) is 17.2 Å². The Balaban J connectivity index is 1.36. The molecule has 0 saturated heterocycles. The highest BCUT2D eigenvalue weighted by atomic mass is 16.5. The van der Waals surface area contributed by atoms with Gasteiger partial charge in [0.2, 0.25) is 5.91 Å². The number of benzene rings is 3. The summed E-state index contributed by atoms with van der Waals surface area (Å²) in [4.78, 5) is 29.6. The van der Waals surface area contributed by atoms with Gasteiger partial charge in [-0.25, -0.2) is 9.67 Å². The van der Waals surface area contributed by atoms with Gasteiger partial charge < -0.3 is 15.4 Å². The summed E-state index contributed by atoms with van der Waals surface area (Å²) in [6.07, 6.45) is 0. The number of hydrogen-bond acceptors (Lipinski definition) is 5. The summed E-state index contributed by atoms with van der Waals surface area (Å²) >= 11 is 0. The van der Waals surface area contributed by atoms with Crippen molar-refractivity contribution in [3.05, 3.63) is 90.3 Å². The molecule has 0 aliphatic carbocycles. The number of rotatable bonds is 8. The van der Waals surface area contributed by atoms with Crippen molar-refractivity contribution in [2.24, 2.45) is 0 Å². The number of aryl methyl sites for hydroxylation is 1. The second kappa shape index (κ2) is 10.4. The zero-order chi connectivity index (χ0) is 23.9. The fourth-order valence-corrected chi connectivity index (χ4v) is 3.41. The molecule has 0 unspecified atom stereocenters. The molecule has 8 nitrogen and oxygen atoms in total. The Morgan fingerprint density at radius 1 is 0.882 bits per heavy atom. The van der Waals surface area contributed by atoms with Crippen molar-refractivity contribution in [3.63, 3.8) is 0 Å². The molecule has 0 saturated carbocycles. The minimum atomic E-state index is -0.243. The molecule has 3 aromatic carbocycles. The van der Waals surface area contributed by atoms with E-state index in [9.17, 15) is 9.59 Å². The molecule has 0 spiro atoms. The van der Waals surface area contributed by atoms with Gasteiger partial charge in [-0.05, 0) is 62.4 Å². The van der Waals surface area contributed by atoms with Crippen LogP contribution in [0.1, 0.15) is 23.1 Å². The molecule has 8 heteroatoms. The average Bonchev–Trinajstić information content (AvgIpc) is 3.21. The molecular formula is C26H25N5O3. The summed E-state index contributed by atoms with van der Waals surface area (Å²) in [5.41, 5.74) is 2.62. The number of carbonyl (C=O) groups is 2. The van der Waals surface area contributed by atoms with Crippen molar-refractivity contribution in [1.82, 2.24) is 14.8 Å². The van der Waals surface area contributed by atoms with Crippen molar-refractivity contribution in [2.45, 2.75) is 20.4 Å². The number of aromatic nitrogens is 3. The molecule has 0 fully saturated rings. The first-order valence-electron chi connectivity index (χ1n) is 10.9. The summed E-state index contributed by atoms with van der Waals surface area (Å²) in [6.45, 7) is 4.31. The monoisotopic (exact) mass is 455 g/mol. The molecule has 4 rings (SSSR count). The number of nitrogens with one attached hydrogen (secondary N) is 2. The van der Waals surface area contributed by atoms with Gasteiger partial charge in [0.25, 0.3) is 5.91 Å². The Bertz CT molecular complexity index is 1270. The number of amides is 2. The number of anilines is 2. The molecule has 2 amide bonds. The van der Waals surface area contributed by atoms with E-state index in [1.165, 1.54) is 0 Å². The van der Waals surface area contributed by atoms with Crippen LogP contribution in [-0.4, -0.2) is 33.2 Å². The average molecular weight is 456 g/mol. The Hall–Kier alpha value is -4.46. The van der Waals surface area contributed by atoms with Gasteiger partial charge in [-0.2, -0.15) is 5.10 Å². The first-order valence-corrected chi connectivity index (χ1v) is 10.9. The van der Waals surface area contributed by atoms with E-state index in [0.717, 1.165) is 11.3 Å². The van der Waals surface area contributed by atoms with Crippen LogP contribution in [0, 0.1) is 6.92 Å². The van der Waals surface area contributed by atoms with Gasteiger partial charge in [0, 0.05) is 22.5 Å². The zero-order valence-corrected chi connectivity index (χ0v) is 19.0. The predicted molar refractivity (Wildman–Crippen MR) is 131 cm³/mol. The molecule has 0 atom stereocenters. The van der Waals surface area contributed by atoms with Crippen LogP contribution < -0.4 is 15.4 Å². The number of carbonyl (C=O) groups excluding carboxylic acids is 2. The normalized spacial score (nSPS) is 10.5. The molecule has 0 bridgehead atoms. The number of hydrogen-bond donors (Lipinski definition) is 2.